The lowest BCUT2D eigenvalue weighted by Gasteiger charge is -2.16. The largest absolute Gasteiger partial charge is 0.394 e. The summed E-state index contributed by atoms with van der Waals surface area (Å²) in [7, 11) is 0. The highest BCUT2D eigenvalue weighted by Gasteiger charge is 2.43. The van der Waals surface area contributed by atoms with Gasteiger partial charge in [0.2, 0.25) is 0 Å². The molecule has 1 saturated heterocycles. The molecular weight excluding hydrogens is 302 g/mol. The number of ether oxygens (including phenoxy) is 1. The van der Waals surface area contributed by atoms with E-state index in [2.05, 4.69) is 9.97 Å². The maximum absolute atomic E-state index is 10.0. The molecule has 0 aliphatic carbocycles. The average Bonchev–Trinajstić information content (AvgIpc) is 3.01. The van der Waals surface area contributed by atoms with Crippen molar-refractivity contribution in [3.63, 3.8) is 0 Å². The zero-order chi connectivity index (χ0) is 16.9. The van der Waals surface area contributed by atoms with Gasteiger partial charge in [-0.2, -0.15) is 0 Å². The Morgan fingerprint density at radius 1 is 1.38 bits per heavy atom. The summed E-state index contributed by atoms with van der Waals surface area (Å²) in [5, 5.41) is 36.9. The first kappa shape index (κ1) is 12.1. The standard InChI is InChI=1S/C11H15N5O4.ClH/c1-15-3-14-10-6(9(15)12)13-4-16(10)11-8(19)7(18)5(2-17)20-11;/h3-5,7-8,11-12,17-19H,2H2,1H3;1H/t5-,7-,8-,11-;/m1./s1/i1D3;. The summed E-state index contributed by atoms with van der Waals surface area (Å²) in [6, 6.07) is 0. The maximum Gasteiger partial charge on any atom is 0.167 e. The van der Waals surface area contributed by atoms with Crippen molar-refractivity contribution in [1.82, 2.24) is 19.1 Å². The Kier molecular flexibility index (Phi) is 3.27. The molecule has 1 fully saturated rings. The molecule has 0 bridgehead atoms. The molecule has 0 saturated carbocycles. The van der Waals surface area contributed by atoms with Crippen LogP contribution in [0.5, 0.6) is 0 Å². The van der Waals surface area contributed by atoms with Crippen molar-refractivity contribution in [2.75, 3.05) is 6.61 Å². The minimum absolute atomic E-state index is 0. The summed E-state index contributed by atoms with van der Waals surface area (Å²) in [4.78, 5) is 7.93. The molecule has 21 heavy (non-hydrogen) atoms. The Balaban J connectivity index is 0.00000208. The lowest BCUT2D eigenvalue weighted by Crippen LogP contribution is -2.33. The van der Waals surface area contributed by atoms with E-state index in [9.17, 15) is 10.2 Å². The van der Waals surface area contributed by atoms with Gasteiger partial charge >= 0.3 is 0 Å². The van der Waals surface area contributed by atoms with Crippen LogP contribution in [0.25, 0.3) is 11.2 Å². The van der Waals surface area contributed by atoms with Gasteiger partial charge in [0.15, 0.2) is 17.4 Å². The highest BCUT2D eigenvalue weighted by Crippen LogP contribution is 2.30. The van der Waals surface area contributed by atoms with Crippen LogP contribution in [0, 0.1) is 5.41 Å². The van der Waals surface area contributed by atoms with E-state index in [0.29, 0.717) is 4.57 Å². The van der Waals surface area contributed by atoms with Gasteiger partial charge in [-0.3, -0.25) is 9.98 Å². The predicted molar refractivity (Wildman–Crippen MR) is 72.6 cm³/mol. The Morgan fingerprint density at radius 3 is 2.76 bits per heavy atom. The number of nitrogens with one attached hydrogen (secondary N) is 1. The van der Waals surface area contributed by atoms with Gasteiger partial charge in [0, 0.05) is 11.1 Å². The summed E-state index contributed by atoms with van der Waals surface area (Å²) in [5.74, 6) is 0. The first-order valence-corrected chi connectivity index (χ1v) is 5.87. The topological polar surface area (TPSA) is 129 Å². The van der Waals surface area contributed by atoms with E-state index in [1.54, 1.807) is 0 Å². The molecule has 10 heteroatoms. The Hall–Kier alpha value is -1.52. The van der Waals surface area contributed by atoms with Gasteiger partial charge in [-0.15, -0.1) is 12.4 Å². The van der Waals surface area contributed by atoms with Gasteiger partial charge in [-0.05, 0) is 0 Å². The van der Waals surface area contributed by atoms with Crippen LogP contribution in [0.1, 0.15) is 10.3 Å². The number of hydrogen-bond donors (Lipinski definition) is 4. The number of aliphatic hydroxyl groups excluding tert-OH is 3. The predicted octanol–water partition coefficient (Wildman–Crippen LogP) is -1.72. The molecule has 116 valence electrons. The highest BCUT2D eigenvalue weighted by atomic mass is 35.5. The molecule has 3 heterocycles. The van der Waals surface area contributed by atoms with Crippen molar-refractivity contribution < 1.29 is 24.2 Å². The molecule has 2 aromatic heterocycles. The number of nitrogens with zero attached hydrogens (tertiary/aromatic N) is 4. The van der Waals surface area contributed by atoms with Crippen LogP contribution in [-0.4, -0.2) is 59.3 Å². The summed E-state index contributed by atoms with van der Waals surface area (Å²) < 4.78 is 29.4. The fourth-order valence-electron chi connectivity index (χ4n) is 2.23. The summed E-state index contributed by atoms with van der Waals surface area (Å²) >= 11 is 0. The monoisotopic (exact) mass is 320 g/mol. The third-order valence-electron chi connectivity index (χ3n) is 3.32. The van der Waals surface area contributed by atoms with E-state index < -0.39 is 38.1 Å². The smallest absolute Gasteiger partial charge is 0.167 e. The summed E-state index contributed by atoms with van der Waals surface area (Å²) in [6.07, 6.45) is -2.40. The van der Waals surface area contributed by atoms with E-state index in [0.717, 1.165) is 6.33 Å². The summed E-state index contributed by atoms with van der Waals surface area (Å²) in [6.45, 7) is -3.04. The van der Waals surface area contributed by atoms with Gasteiger partial charge in [0.25, 0.3) is 0 Å². The van der Waals surface area contributed by atoms with Crippen LogP contribution in [0.4, 0.5) is 0 Å². The Labute approximate surface area is 129 Å². The number of aliphatic hydroxyl groups is 3. The van der Waals surface area contributed by atoms with Gasteiger partial charge in [-0.1, -0.05) is 0 Å². The SMILES string of the molecule is Cl.[2H]C([2H])([2H])n1cnc2c(ncn2[C@@H]2O[C@H](CO)[C@@H](O)[C@H]2O)c1=N. The second-order valence-corrected chi connectivity index (χ2v) is 4.52. The minimum atomic E-state index is -2.57. The molecule has 1 aliphatic heterocycles. The van der Waals surface area contributed by atoms with Gasteiger partial charge in [-0.25, -0.2) is 9.97 Å². The van der Waals surface area contributed by atoms with Crippen molar-refractivity contribution in [3.8, 4) is 0 Å². The molecule has 0 amide bonds. The molecular formula is C11H16ClN5O4. The number of hydrogen-bond acceptors (Lipinski definition) is 7. The lowest BCUT2D eigenvalue weighted by molar-refractivity contribution is -0.0511. The van der Waals surface area contributed by atoms with Crippen LogP contribution >= 0.6 is 12.4 Å². The number of imidazole rings is 1. The van der Waals surface area contributed by atoms with Crippen molar-refractivity contribution in [2.45, 2.75) is 24.5 Å². The highest BCUT2D eigenvalue weighted by molar-refractivity contribution is 5.85. The van der Waals surface area contributed by atoms with Gasteiger partial charge < -0.3 is 24.6 Å². The van der Waals surface area contributed by atoms with E-state index in [4.69, 9.17) is 19.4 Å². The Bertz CT molecular complexity index is 794. The second kappa shape index (κ2) is 5.70. The molecule has 0 aromatic carbocycles. The zero-order valence-corrected chi connectivity index (χ0v) is 11.4. The number of rotatable bonds is 2. The van der Waals surface area contributed by atoms with Gasteiger partial charge in [0.05, 0.1) is 19.3 Å². The number of halogens is 1. The maximum atomic E-state index is 10.0. The van der Waals surface area contributed by atoms with Crippen molar-refractivity contribution in [3.05, 3.63) is 18.1 Å². The first-order chi connectivity index (χ1) is 10.8. The molecule has 3 rings (SSSR count). The molecule has 0 unspecified atom stereocenters. The van der Waals surface area contributed by atoms with Crippen LogP contribution < -0.4 is 5.49 Å². The van der Waals surface area contributed by atoms with Crippen LogP contribution in [0.15, 0.2) is 12.7 Å². The van der Waals surface area contributed by atoms with E-state index in [1.165, 1.54) is 10.9 Å². The normalized spacial score (nSPS) is 31.5. The number of aromatic nitrogens is 4. The Morgan fingerprint density at radius 2 is 2.14 bits per heavy atom. The molecule has 4 atom stereocenters. The molecule has 1 aliphatic rings. The first-order valence-electron chi connectivity index (χ1n) is 7.37. The van der Waals surface area contributed by atoms with Crippen LogP contribution in [-0.2, 0) is 11.7 Å². The van der Waals surface area contributed by atoms with Gasteiger partial charge in [0.1, 0.15) is 23.8 Å². The molecule has 4 N–H and O–H groups in total. The van der Waals surface area contributed by atoms with E-state index in [-0.39, 0.29) is 29.1 Å². The zero-order valence-electron chi connectivity index (χ0n) is 13.6. The number of fused-ring (bicyclic) bond motifs is 1. The summed E-state index contributed by atoms with van der Waals surface area (Å²) in [5.41, 5.74) is -0.216. The molecule has 9 nitrogen and oxygen atoms in total. The van der Waals surface area contributed by atoms with E-state index in [1.807, 2.05) is 0 Å². The average molecular weight is 321 g/mol. The van der Waals surface area contributed by atoms with Crippen molar-refractivity contribution in [1.29, 1.82) is 5.41 Å². The third kappa shape index (κ3) is 2.32. The minimum Gasteiger partial charge on any atom is -0.394 e. The second-order valence-electron chi connectivity index (χ2n) is 4.52. The molecule has 0 spiro atoms. The third-order valence-corrected chi connectivity index (χ3v) is 3.32. The van der Waals surface area contributed by atoms with E-state index >= 15 is 0 Å². The fourth-order valence-corrected chi connectivity index (χ4v) is 2.23. The molecule has 2 aromatic rings. The lowest BCUT2D eigenvalue weighted by atomic mass is 10.1. The van der Waals surface area contributed by atoms with Crippen molar-refractivity contribution in [2.24, 2.45) is 6.98 Å². The number of aryl methyl sites for hydroxylation is 1. The van der Waals surface area contributed by atoms with Crippen LogP contribution in [0.3, 0.4) is 0 Å². The van der Waals surface area contributed by atoms with Crippen LogP contribution in [0.2, 0.25) is 0 Å². The quantitative estimate of drug-likeness (QED) is 0.521. The molecule has 0 radical (unpaired) electrons. The fraction of sp³-hybridized carbons (Fsp3) is 0.545. The van der Waals surface area contributed by atoms with Crippen molar-refractivity contribution >= 4 is 23.6 Å².